The molecule has 7 nitrogen and oxygen atoms in total. The summed E-state index contributed by atoms with van der Waals surface area (Å²) in [6.07, 6.45) is 4.30. The summed E-state index contributed by atoms with van der Waals surface area (Å²) in [7, 11) is 1.45. The minimum atomic E-state index is -0.872. The second kappa shape index (κ2) is 10.8. The second-order valence-electron chi connectivity index (χ2n) is 13.1. The number of esters is 2. The third-order valence-corrected chi connectivity index (χ3v) is 10.0. The number of carbonyl (C=O) groups excluding carboxylic acids is 2. The van der Waals surface area contributed by atoms with E-state index in [0.29, 0.717) is 46.6 Å². The molecular formula is C33H41ClO7. The number of hydrogen-bond acceptors (Lipinski definition) is 7. The minimum absolute atomic E-state index is 0.0661. The van der Waals surface area contributed by atoms with Gasteiger partial charge in [0.05, 0.1) is 29.2 Å². The van der Waals surface area contributed by atoms with Crippen LogP contribution in [0.3, 0.4) is 0 Å². The summed E-state index contributed by atoms with van der Waals surface area (Å²) in [6.45, 7) is 11.8. The van der Waals surface area contributed by atoms with Crippen LogP contribution in [-0.2, 0) is 22.6 Å². The number of methoxy groups -OCH3 is 1. The molecule has 2 bridgehead atoms. The fourth-order valence-corrected chi connectivity index (χ4v) is 7.44. The maximum atomic E-state index is 13.9. The Labute approximate surface area is 247 Å². The second-order valence-corrected chi connectivity index (χ2v) is 13.5. The van der Waals surface area contributed by atoms with Gasteiger partial charge in [-0.15, -0.1) is 0 Å². The Morgan fingerprint density at radius 1 is 1.17 bits per heavy atom. The number of fused-ring (bicyclic) bond motifs is 4. The van der Waals surface area contributed by atoms with E-state index in [-0.39, 0.29) is 40.8 Å². The molecule has 1 heterocycles. The van der Waals surface area contributed by atoms with Gasteiger partial charge in [-0.2, -0.15) is 0 Å². The van der Waals surface area contributed by atoms with Crippen molar-refractivity contribution in [2.75, 3.05) is 7.11 Å². The topological polar surface area (TPSA) is 91.3 Å². The summed E-state index contributed by atoms with van der Waals surface area (Å²) in [5, 5.41) is 11.5. The molecule has 1 N–H and O–H groups in total. The SMILES string of the molecule is CCc1c(C)c(Cl)c2c(c1OC(=O)C1(C)C3CCC1CC3)Oc1ccc(C(O)CC(C)(C)C)c(OC)c1C(=O)OC2. The number of aliphatic hydroxyl groups is 1. The van der Waals surface area contributed by atoms with Crippen LogP contribution in [0.25, 0.3) is 0 Å². The Morgan fingerprint density at radius 3 is 2.37 bits per heavy atom. The first-order valence-electron chi connectivity index (χ1n) is 14.6. The molecule has 1 aliphatic heterocycles. The van der Waals surface area contributed by atoms with E-state index in [2.05, 4.69) is 0 Å². The summed E-state index contributed by atoms with van der Waals surface area (Å²) in [6, 6.07) is 3.32. The fraction of sp³-hybridized carbons (Fsp3) is 0.576. The lowest BCUT2D eigenvalue weighted by Gasteiger charge is -2.30. The number of benzene rings is 2. The van der Waals surface area contributed by atoms with Gasteiger partial charge in [-0.25, -0.2) is 4.79 Å². The van der Waals surface area contributed by atoms with Gasteiger partial charge in [0.15, 0.2) is 11.5 Å². The number of aliphatic hydroxyl groups excluding tert-OH is 1. The first kappa shape index (κ1) is 29.7. The van der Waals surface area contributed by atoms with Crippen LogP contribution in [0.1, 0.15) is 105 Å². The third-order valence-electron chi connectivity index (χ3n) is 9.50. The van der Waals surface area contributed by atoms with Gasteiger partial charge in [-0.1, -0.05) is 39.3 Å². The van der Waals surface area contributed by atoms with Crippen molar-refractivity contribution in [1.82, 2.24) is 0 Å². The van der Waals surface area contributed by atoms with E-state index in [1.807, 2.05) is 41.5 Å². The van der Waals surface area contributed by atoms with E-state index in [4.69, 9.17) is 30.5 Å². The van der Waals surface area contributed by atoms with Gasteiger partial charge in [-0.3, -0.25) is 4.79 Å². The highest BCUT2D eigenvalue weighted by molar-refractivity contribution is 6.32. The molecule has 0 spiro atoms. The van der Waals surface area contributed by atoms with Crippen molar-refractivity contribution in [3.8, 4) is 23.0 Å². The molecule has 0 amide bonds. The molecule has 2 saturated carbocycles. The zero-order valence-corrected chi connectivity index (χ0v) is 25.9. The molecule has 2 aromatic carbocycles. The number of halogens is 1. The number of hydrogen-bond donors (Lipinski definition) is 1. The maximum absolute atomic E-state index is 13.9. The summed E-state index contributed by atoms with van der Waals surface area (Å²) < 4.78 is 24.2. The largest absolute Gasteiger partial charge is 0.495 e. The zero-order chi connectivity index (χ0) is 29.9. The van der Waals surface area contributed by atoms with Crippen LogP contribution in [0.15, 0.2) is 12.1 Å². The van der Waals surface area contributed by atoms with Crippen molar-refractivity contribution in [2.45, 2.75) is 92.8 Å². The first-order valence-corrected chi connectivity index (χ1v) is 15.0. The normalized spacial score (nSPS) is 24.0. The van der Waals surface area contributed by atoms with Gasteiger partial charge in [-0.05, 0) is 87.3 Å². The molecule has 5 rings (SSSR count). The summed E-state index contributed by atoms with van der Waals surface area (Å²) in [5.74, 6) is 0.660. The molecule has 1 unspecified atom stereocenters. The average Bonchev–Trinajstić information content (AvgIpc) is 3.41. The summed E-state index contributed by atoms with van der Waals surface area (Å²) in [5.41, 5.74) is 1.80. The predicted octanol–water partition coefficient (Wildman–Crippen LogP) is 7.88. The monoisotopic (exact) mass is 584 g/mol. The van der Waals surface area contributed by atoms with Crippen molar-refractivity contribution in [3.63, 3.8) is 0 Å². The third kappa shape index (κ3) is 4.99. The highest BCUT2D eigenvalue weighted by Gasteiger charge is 2.57. The van der Waals surface area contributed by atoms with Crippen LogP contribution < -0.4 is 14.2 Å². The van der Waals surface area contributed by atoms with Crippen molar-refractivity contribution in [3.05, 3.63) is 45.0 Å². The fourth-order valence-electron chi connectivity index (χ4n) is 7.19. The van der Waals surface area contributed by atoms with Gasteiger partial charge < -0.3 is 24.1 Å². The van der Waals surface area contributed by atoms with Crippen molar-refractivity contribution in [1.29, 1.82) is 0 Å². The molecule has 0 radical (unpaired) electrons. The average molecular weight is 585 g/mol. The zero-order valence-electron chi connectivity index (χ0n) is 25.1. The van der Waals surface area contributed by atoms with Crippen molar-refractivity contribution >= 4 is 23.5 Å². The lowest BCUT2D eigenvalue weighted by Crippen LogP contribution is -2.36. The van der Waals surface area contributed by atoms with Crippen LogP contribution >= 0.6 is 11.6 Å². The van der Waals surface area contributed by atoms with Gasteiger partial charge in [0.2, 0.25) is 0 Å². The van der Waals surface area contributed by atoms with E-state index < -0.39 is 17.5 Å². The molecule has 222 valence electrons. The van der Waals surface area contributed by atoms with E-state index in [1.54, 1.807) is 12.1 Å². The molecule has 2 aliphatic carbocycles. The Morgan fingerprint density at radius 2 is 1.80 bits per heavy atom. The minimum Gasteiger partial charge on any atom is -0.495 e. The van der Waals surface area contributed by atoms with E-state index >= 15 is 0 Å². The number of carbonyl (C=O) groups is 2. The van der Waals surface area contributed by atoms with Crippen molar-refractivity contribution < 1.29 is 33.6 Å². The molecule has 3 aliphatic rings. The van der Waals surface area contributed by atoms with E-state index in [0.717, 1.165) is 36.8 Å². The number of cyclic esters (lactones) is 1. The highest BCUT2D eigenvalue weighted by atomic mass is 35.5. The predicted molar refractivity (Wildman–Crippen MR) is 156 cm³/mol. The quantitative estimate of drug-likeness (QED) is 0.273. The Hall–Kier alpha value is -2.77. The molecule has 2 aromatic rings. The molecule has 1 atom stereocenters. The lowest BCUT2D eigenvalue weighted by molar-refractivity contribution is -0.147. The number of ether oxygens (including phenoxy) is 4. The van der Waals surface area contributed by atoms with Crippen LogP contribution in [0, 0.1) is 29.6 Å². The van der Waals surface area contributed by atoms with E-state index in [9.17, 15) is 14.7 Å². The molecule has 0 aromatic heterocycles. The van der Waals surface area contributed by atoms with Gasteiger partial charge in [0.1, 0.15) is 23.7 Å². The highest BCUT2D eigenvalue weighted by Crippen LogP contribution is 2.59. The van der Waals surface area contributed by atoms with E-state index in [1.165, 1.54) is 7.11 Å². The maximum Gasteiger partial charge on any atom is 0.346 e. The number of rotatable bonds is 6. The molecule has 41 heavy (non-hydrogen) atoms. The summed E-state index contributed by atoms with van der Waals surface area (Å²) in [4.78, 5) is 27.3. The van der Waals surface area contributed by atoms with Gasteiger partial charge in [0.25, 0.3) is 0 Å². The lowest BCUT2D eigenvalue weighted by atomic mass is 9.79. The smallest absolute Gasteiger partial charge is 0.346 e. The van der Waals surface area contributed by atoms with Crippen LogP contribution in [0.5, 0.6) is 23.0 Å². The Balaban J connectivity index is 1.63. The first-order chi connectivity index (χ1) is 19.3. The molecular weight excluding hydrogens is 544 g/mol. The molecule has 2 fully saturated rings. The Bertz CT molecular complexity index is 1370. The van der Waals surface area contributed by atoms with Crippen LogP contribution in [0.4, 0.5) is 0 Å². The molecule has 0 saturated heterocycles. The van der Waals surface area contributed by atoms with Crippen molar-refractivity contribution in [2.24, 2.45) is 22.7 Å². The standard InChI is InChI=1S/C33H41ClO7/c1-8-20-17(2)26(34)22-16-39-30(36)25-24(14-13-21(27(25)38-7)23(35)15-32(3,4)5)40-29(22)28(20)41-31(37)33(6)18-9-10-19(33)12-11-18/h13-14,18-19,23,35H,8-12,15-16H2,1-7H3. The van der Waals surface area contributed by atoms with Gasteiger partial charge in [0, 0.05) is 11.1 Å². The van der Waals surface area contributed by atoms with Crippen LogP contribution in [0.2, 0.25) is 5.02 Å². The van der Waals surface area contributed by atoms with Crippen LogP contribution in [-0.4, -0.2) is 24.2 Å². The summed E-state index contributed by atoms with van der Waals surface area (Å²) >= 11 is 6.83. The molecule has 8 heteroatoms. The Kier molecular flexibility index (Phi) is 7.84. The van der Waals surface area contributed by atoms with Gasteiger partial charge >= 0.3 is 11.9 Å².